The van der Waals surface area contributed by atoms with Gasteiger partial charge in [0.25, 0.3) is 5.60 Å². The molecule has 2 fully saturated rings. The number of halogens is 2. The number of rotatable bonds is 11. The Morgan fingerprint density at radius 2 is 1.98 bits per heavy atom. The van der Waals surface area contributed by atoms with Crippen molar-refractivity contribution in [1.82, 2.24) is 19.5 Å². The second-order valence-corrected chi connectivity index (χ2v) is 11.6. The highest BCUT2D eigenvalue weighted by Crippen LogP contribution is 2.39. The lowest BCUT2D eigenvalue weighted by Gasteiger charge is -2.29. The van der Waals surface area contributed by atoms with E-state index in [0.717, 1.165) is 25.7 Å². The van der Waals surface area contributed by atoms with Gasteiger partial charge >= 0.3 is 11.9 Å². The fourth-order valence-electron chi connectivity index (χ4n) is 5.13. The van der Waals surface area contributed by atoms with E-state index in [4.69, 9.17) is 25.8 Å². The molecular formula is C27H30ClFN4O7S. The lowest BCUT2D eigenvalue weighted by Crippen LogP contribution is -2.53. The number of fused-ring (bicyclic) bond motifs is 1. The van der Waals surface area contributed by atoms with Crippen LogP contribution >= 0.6 is 23.4 Å². The van der Waals surface area contributed by atoms with Crippen LogP contribution in [0.5, 0.6) is 0 Å². The summed E-state index contributed by atoms with van der Waals surface area (Å²) in [5, 5.41) is 21.8. The zero-order valence-electron chi connectivity index (χ0n) is 22.2. The van der Waals surface area contributed by atoms with Crippen molar-refractivity contribution in [3.05, 3.63) is 47.5 Å². The molecule has 1 saturated carbocycles. The minimum absolute atomic E-state index is 0.0322. The molecule has 5 atom stereocenters. The van der Waals surface area contributed by atoms with Crippen molar-refractivity contribution >= 4 is 46.5 Å². The SMILES string of the molecule is CCOC(=O)C(Cc1ccccc1)(OC[C@H]1O[C@@H](n2cnc3c(SC4CCCC4)nc(Cl)nc32)[C@@H](F)[C@@H]1O)C(=O)O. The number of ether oxygens (including phenoxy) is 3. The molecule has 0 radical (unpaired) electrons. The van der Waals surface area contributed by atoms with Crippen molar-refractivity contribution in [2.24, 2.45) is 0 Å². The molecule has 220 valence electrons. The number of aliphatic hydroxyl groups excluding tert-OH is 1. The second kappa shape index (κ2) is 12.6. The number of alkyl halides is 1. The van der Waals surface area contributed by atoms with Crippen LogP contribution in [0.4, 0.5) is 4.39 Å². The molecule has 5 rings (SSSR count). The highest BCUT2D eigenvalue weighted by Gasteiger charge is 2.52. The molecule has 11 nitrogen and oxygen atoms in total. The molecule has 1 aromatic carbocycles. The first-order chi connectivity index (χ1) is 19.7. The fraction of sp³-hybridized carbons (Fsp3) is 0.519. The Morgan fingerprint density at radius 3 is 2.66 bits per heavy atom. The highest BCUT2D eigenvalue weighted by atomic mass is 35.5. The van der Waals surface area contributed by atoms with Gasteiger partial charge in [-0.25, -0.2) is 23.9 Å². The molecule has 41 heavy (non-hydrogen) atoms. The topological polar surface area (TPSA) is 146 Å². The first kappa shape index (κ1) is 29.6. The van der Waals surface area contributed by atoms with Crippen molar-refractivity contribution in [1.29, 1.82) is 0 Å². The van der Waals surface area contributed by atoms with Crippen molar-refractivity contribution in [3.63, 3.8) is 0 Å². The van der Waals surface area contributed by atoms with Crippen LogP contribution in [-0.4, -0.2) is 84.1 Å². The van der Waals surface area contributed by atoms with Gasteiger partial charge in [0, 0.05) is 11.7 Å². The van der Waals surface area contributed by atoms with Crippen molar-refractivity contribution in [2.75, 3.05) is 13.2 Å². The van der Waals surface area contributed by atoms with Gasteiger partial charge in [-0.3, -0.25) is 4.57 Å². The standard InChI is InChI=1S/C27H30ClFN4O7S/c1-2-38-25(37)27(24(35)36,12-15-8-4-3-5-9-15)39-13-17-20(34)18(29)23(40-17)33-14-30-19-21(33)31-26(28)32-22(19)41-16-10-6-7-11-16/h3-5,8-9,14,16-18,20,23,34H,2,6-7,10-13H2,1H3,(H,35,36)/t17-,18+,20-,23-,27?/m1/s1. The number of thioether (sulfide) groups is 1. The first-order valence-corrected chi connectivity index (χ1v) is 14.6. The molecule has 3 heterocycles. The number of aliphatic hydroxyl groups is 1. The summed E-state index contributed by atoms with van der Waals surface area (Å²) in [6.45, 7) is 0.849. The number of hydrogen-bond acceptors (Lipinski definition) is 10. The Bertz CT molecular complexity index is 1390. The molecule has 1 aliphatic heterocycles. The first-order valence-electron chi connectivity index (χ1n) is 13.4. The average molecular weight is 609 g/mol. The number of aromatic nitrogens is 4. The van der Waals surface area contributed by atoms with Crippen LogP contribution in [-0.2, 0) is 30.2 Å². The van der Waals surface area contributed by atoms with E-state index in [1.54, 1.807) is 42.1 Å². The van der Waals surface area contributed by atoms with Crippen LogP contribution in [0.15, 0.2) is 41.7 Å². The predicted molar refractivity (Wildman–Crippen MR) is 146 cm³/mol. The Balaban J connectivity index is 1.38. The number of carboxylic acid groups (broad SMARTS) is 1. The Hall–Kier alpha value is -2.84. The molecule has 2 N–H and O–H groups in total. The highest BCUT2D eigenvalue weighted by molar-refractivity contribution is 8.00. The molecule has 2 aliphatic rings. The second-order valence-electron chi connectivity index (χ2n) is 9.97. The van der Waals surface area contributed by atoms with Gasteiger partial charge in [-0.05, 0) is 36.9 Å². The Morgan fingerprint density at radius 1 is 1.24 bits per heavy atom. The summed E-state index contributed by atoms with van der Waals surface area (Å²) in [7, 11) is 0. The van der Waals surface area contributed by atoms with Gasteiger partial charge in [0.2, 0.25) is 5.28 Å². The summed E-state index contributed by atoms with van der Waals surface area (Å²) in [4.78, 5) is 38.3. The summed E-state index contributed by atoms with van der Waals surface area (Å²) in [5.41, 5.74) is -1.27. The van der Waals surface area contributed by atoms with Crippen molar-refractivity contribution < 1.29 is 38.4 Å². The van der Waals surface area contributed by atoms with Gasteiger partial charge in [0.05, 0.1) is 19.5 Å². The molecule has 3 aromatic rings. The quantitative estimate of drug-likeness (QED) is 0.142. The van der Waals surface area contributed by atoms with Crippen molar-refractivity contribution in [2.45, 2.75) is 79.5 Å². The van der Waals surface area contributed by atoms with E-state index in [0.29, 0.717) is 21.4 Å². The van der Waals surface area contributed by atoms with Crippen LogP contribution in [0, 0.1) is 0 Å². The maximum atomic E-state index is 15.5. The Kier molecular flexibility index (Phi) is 9.09. The molecule has 1 aliphatic carbocycles. The van der Waals surface area contributed by atoms with Crippen LogP contribution in [0.2, 0.25) is 5.28 Å². The fourth-order valence-corrected chi connectivity index (χ4v) is 6.62. The number of carbonyl (C=O) groups excluding carboxylic acids is 1. The van der Waals surface area contributed by atoms with E-state index >= 15 is 4.39 Å². The molecule has 1 unspecified atom stereocenters. The van der Waals surface area contributed by atoms with E-state index in [-0.39, 0.29) is 24.0 Å². The number of hydrogen-bond donors (Lipinski definition) is 2. The van der Waals surface area contributed by atoms with E-state index in [2.05, 4.69) is 15.0 Å². The van der Waals surface area contributed by atoms with Crippen molar-refractivity contribution in [3.8, 4) is 0 Å². The maximum Gasteiger partial charge on any atom is 0.350 e. The number of imidazole rings is 1. The molecule has 0 spiro atoms. The van der Waals surface area contributed by atoms with E-state index in [1.807, 2.05) is 0 Å². The number of esters is 1. The maximum absolute atomic E-state index is 15.5. The number of carbonyl (C=O) groups is 2. The van der Waals surface area contributed by atoms with Gasteiger partial charge in [0.15, 0.2) is 18.0 Å². The van der Waals surface area contributed by atoms with Crippen LogP contribution in [0.25, 0.3) is 11.2 Å². The normalized spacial score (nSPS) is 24.5. The van der Waals surface area contributed by atoms with Gasteiger partial charge in [-0.2, -0.15) is 4.98 Å². The lowest BCUT2D eigenvalue weighted by atomic mass is 9.94. The number of nitrogens with zero attached hydrogens (tertiary/aromatic N) is 4. The zero-order valence-corrected chi connectivity index (χ0v) is 23.8. The summed E-state index contributed by atoms with van der Waals surface area (Å²) in [6, 6.07) is 8.42. The number of benzene rings is 1. The molecule has 1 saturated heterocycles. The van der Waals surface area contributed by atoms with Gasteiger partial charge < -0.3 is 24.4 Å². The number of carboxylic acids is 1. The zero-order chi connectivity index (χ0) is 29.1. The minimum Gasteiger partial charge on any atom is -0.479 e. The largest absolute Gasteiger partial charge is 0.479 e. The predicted octanol–water partition coefficient (Wildman–Crippen LogP) is 3.76. The van der Waals surface area contributed by atoms with Gasteiger partial charge in [-0.1, -0.05) is 43.2 Å². The average Bonchev–Trinajstić information content (AvgIpc) is 3.68. The molecule has 2 aromatic heterocycles. The monoisotopic (exact) mass is 608 g/mol. The van der Waals surface area contributed by atoms with Crippen LogP contribution in [0.1, 0.15) is 44.4 Å². The number of aliphatic carboxylic acids is 1. The smallest absolute Gasteiger partial charge is 0.350 e. The van der Waals surface area contributed by atoms with E-state index in [1.165, 1.54) is 17.8 Å². The molecule has 0 bridgehead atoms. The molecule has 14 heteroatoms. The van der Waals surface area contributed by atoms with E-state index in [9.17, 15) is 19.8 Å². The Labute approximate surface area is 244 Å². The summed E-state index contributed by atoms with van der Waals surface area (Å²) < 4.78 is 33.4. The summed E-state index contributed by atoms with van der Waals surface area (Å²) in [6.07, 6.45) is -0.963. The summed E-state index contributed by atoms with van der Waals surface area (Å²) in [5.74, 6) is -2.70. The van der Waals surface area contributed by atoms with E-state index < -0.39 is 48.8 Å². The lowest BCUT2D eigenvalue weighted by molar-refractivity contribution is -0.193. The van der Waals surface area contributed by atoms with Gasteiger partial charge in [0.1, 0.15) is 22.8 Å². The molecule has 0 amide bonds. The third-order valence-corrected chi connectivity index (χ3v) is 8.73. The third kappa shape index (κ3) is 6.05. The van der Waals surface area contributed by atoms with Crippen LogP contribution in [0.3, 0.4) is 0 Å². The summed E-state index contributed by atoms with van der Waals surface area (Å²) >= 11 is 7.77. The molecular weight excluding hydrogens is 579 g/mol. The van der Waals surface area contributed by atoms with Crippen LogP contribution < -0.4 is 0 Å². The van der Waals surface area contributed by atoms with Gasteiger partial charge in [-0.15, -0.1) is 11.8 Å². The minimum atomic E-state index is -2.45. The third-order valence-electron chi connectivity index (χ3n) is 7.25.